The van der Waals surface area contributed by atoms with Crippen molar-refractivity contribution in [2.24, 2.45) is 0 Å². The van der Waals surface area contributed by atoms with Crippen molar-refractivity contribution in [2.45, 2.75) is 26.8 Å². The third kappa shape index (κ3) is 2.56. The van der Waals surface area contributed by atoms with Gasteiger partial charge < -0.3 is 5.32 Å². The van der Waals surface area contributed by atoms with Crippen LogP contribution in [0.3, 0.4) is 0 Å². The zero-order valence-electron chi connectivity index (χ0n) is 10.7. The van der Waals surface area contributed by atoms with Crippen LogP contribution in [-0.4, -0.2) is 12.0 Å². The highest BCUT2D eigenvalue weighted by molar-refractivity contribution is 7.09. The van der Waals surface area contributed by atoms with E-state index in [2.05, 4.69) is 47.7 Å². The summed E-state index contributed by atoms with van der Waals surface area (Å²) in [4.78, 5) is 4.57. The molecule has 0 saturated carbocycles. The molecule has 0 saturated heterocycles. The predicted octanol–water partition coefficient (Wildman–Crippen LogP) is 3.38. The molecule has 0 spiro atoms. The lowest BCUT2D eigenvalue weighted by Crippen LogP contribution is -2.18. The Kier molecular flexibility index (Phi) is 3.60. The third-order valence-electron chi connectivity index (χ3n) is 3.09. The molecule has 2 aromatic rings. The van der Waals surface area contributed by atoms with E-state index in [0.29, 0.717) is 0 Å². The SMILES string of the molecule is CNC(c1ccc(C)c(C)c1)c1csc(C)n1. The molecule has 0 radical (unpaired) electrons. The van der Waals surface area contributed by atoms with Gasteiger partial charge in [-0.1, -0.05) is 18.2 Å². The van der Waals surface area contributed by atoms with E-state index in [0.717, 1.165) is 10.7 Å². The average molecular weight is 246 g/mol. The van der Waals surface area contributed by atoms with Crippen LogP contribution in [0, 0.1) is 20.8 Å². The highest BCUT2D eigenvalue weighted by Gasteiger charge is 2.15. The molecule has 1 atom stereocenters. The van der Waals surface area contributed by atoms with Gasteiger partial charge in [-0.25, -0.2) is 4.98 Å². The third-order valence-corrected chi connectivity index (χ3v) is 3.88. The summed E-state index contributed by atoms with van der Waals surface area (Å²) in [6.07, 6.45) is 0. The van der Waals surface area contributed by atoms with Gasteiger partial charge in [-0.15, -0.1) is 11.3 Å². The molecule has 0 aliphatic heterocycles. The molecular formula is C14H18N2S. The number of hydrogen-bond acceptors (Lipinski definition) is 3. The Morgan fingerprint density at radius 2 is 1.94 bits per heavy atom. The van der Waals surface area contributed by atoms with E-state index in [4.69, 9.17) is 0 Å². The van der Waals surface area contributed by atoms with Gasteiger partial charge in [0.1, 0.15) is 0 Å². The summed E-state index contributed by atoms with van der Waals surface area (Å²) in [5, 5.41) is 6.58. The molecule has 1 N–H and O–H groups in total. The largest absolute Gasteiger partial charge is 0.308 e. The predicted molar refractivity (Wildman–Crippen MR) is 73.7 cm³/mol. The van der Waals surface area contributed by atoms with E-state index in [-0.39, 0.29) is 6.04 Å². The van der Waals surface area contributed by atoms with E-state index in [9.17, 15) is 0 Å². The molecule has 17 heavy (non-hydrogen) atoms. The fourth-order valence-electron chi connectivity index (χ4n) is 1.94. The molecule has 1 aromatic carbocycles. The fraction of sp³-hybridized carbons (Fsp3) is 0.357. The fourth-order valence-corrected chi connectivity index (χ4v) is 2.58. The second kappa shape index (κ2) is 4.98. The molecule has 1 unspecified atom stereocenters. The normalized spacial score (nSPS) is 12.7. The van der Waals surface area contributed by atoms with Crippen molar-refractivity contribution in [3.05, 3.63) is 51.0 Å². The molecule has 0 bridgehead atoms. The van der Waals surface area contributed by atoms with E-state index >= 15 is 0 Å². The molecule has 0 aliphatic rings. The number of nitrogens with one attached hydrogen (secondary N) is 1. The van der Waals surface area contributed by atoms with Crippen LogP contribution in [-0.2, 0) is 0 Å². The first-order valence-corrected chi connectivity index (χ1v) is 6.66. The van der Waals surface area contributed by atoms with Crippen molar-refractivity contribution >= 4 is 11.3 Å². The van der Waals surface area contributed by atoms with Gasteiger partial charge in [0.2, 0.25) is 0 Å². The van der Waals surface area contributed by atoms with Crippen molar-refractivity contribution in [2.75, 3.05) is 7.05 Å². The number of aryl methyl sites for hydroxylation is 3. The van der Waals surface area contributed by atoms with Crippen molar-refractivity contribution < 1.29 is 0 Å². The maximum Gasteiger partial charge on any atom is 0.0898 e. The Labute approximate surface area is 107 Å². The first kappa shape index (κ1) is 12.3. The van der Waals surface area contributed by atoms with Gasteiger partial charge in [0.25, 0.3) is 0 Å². The Morgan fingerprint density at radius 1 is 1.18 bits per heavy atom. The Hall–Kier alpha value is -1.19. The van der Waals surface area contributed by atoms with Crippen molar-refractivity contribution in [3.8, 4) is 0 Å². The van der Waals surface area contributed by atoms with Gasteiger partial charge in [-0.05, 0) is 44.5 Å². The lowest BCUT2D eigenvalue weighted by molar-refractivity contribution is 0.673. The number of rotatable bonds is 3. The maximum atomic E-state index is 4.57. The number of aromatic nitrogens is 1. The summed E-state index contributed by atoms with van der Waals surface area (Å²) in [6, 6.07) is 6.79. The van der Waals surface area contributed by atoms with Crippen LogP contribution in [0.2, 0.25) is 0 Å². The summed E-state index contributed by atoms with van der Waals surface area (Å²) in [7, 11) is 1.98. The summed E-state index contributed by atoms with van der Waals surface area (Å²) < 4.78 is 0. The highest BCUT2D eigenvalue weighted by Crippen LogP contribution is 2.24. The molecule has 90 valence electrons. The minimum absolute atomic E-state index is 0.194. The van der Waals surface area contributed by atoms with Crippen LogP contribution >= 0.6 is 11.3 Å². The van der Waals surface area contributed by atoms with Crippen molar-refractivity contribution in [1.29, 1.82) is 0 Å². The number of thiazole rings is 1. The molecule has 2 rings (SSSR count). The zero-order valence-corrected chi connectivity index (χ0v) is 11.6. The van der Waals surface area contributed by atoms with Gasteiger partial charge in [0.05, 0.1) is 16.7 Å². The lowest BCUT2D eigenvalue weighted by atomic mass is 9.99. The van der Waals surface area contributed by atoms with Gasteiger partial charge in [0, 0.05) is 5.38 Å². The molecule has 2 nitrogen and oxygen atoms in total. The minimum atomic E-state index is 0.194. The second-order valence-electron chi connectivity index (χ2n) is 4.36. The Balaban J connectivity index is 2.38. The topological polar surface area (TPSA) is 24.9 Å². The molecular weight excluding hydrogens is 228 g/mol. The van der Waals surface area contributed by atoms with Crippen LogP contribution < -0.4 is 5.32 Å². The molecule has 0 aliphatic carbocycles. The van der Waals surface area contributed by atoms with E-state index in [1.54, 1.807) is 11.3 Å². The number of nitrogens with zero attached hydrogens (tertiary/aromatic N) is 1. The first-order chi connectivity index (χ1) is 8.11. The van der Waals surface area contributed by atoms with E-state index in [1.165, 1.54) is 16.7 Å². The summed E-state index contributed by atoms with van der Waals surface area (Å²) in [5.74, 6) is 0. The van der Waals surface area contributed by atoms with Gasteiger partial charge >= 0.3 is 0 Å². The Morgan fingerprint density at radius 3 is 2.47 bits per heavy atom. The van der Waals surface area contributed by atoms with Crippen LogP contribution in [0.1, 0.15) is 33.4 Å². The summed E-state index contributed by atoms with van der Waals surface area (Å²) in [5.41, 5.74) is 5.05. The summed E-state index contributed by atoms with van der Waals surface area (Å²) in [6.45, 7) is 6.33. The molecule has 0 fully saturated rings. The molecule has 3 heteroatoms. The zero-order chi connectivity index (χ0) is 12.4. The average Bonchev–Trinajstić information content (AvgIpc) is 2.71. The van der Waals surface area contributed by atoms with E-state index in [1.807, 2.05) is 14.0 Å². The molecule has 1 heterocycles. The Bertz CT molecular complexity index is 517. The van der Waals surface area contributed by atoms with Crippen LogP contribution in [0.25, 0.3) is 0 Å². The van der Waals surface area contributed by atoms with E-state index < -0.39 is 0 Å². The lowest BCUT2D eigenvalue weighted by Gasteiger charge is -2.15. The van der Waals surface area contributed by atoms with Crippen LogP contribution in [0.4, 0.5) is 0 Å². The van der Waals surface area contributed by atoms with Gasteiger partial charge in [-0.3, -0.25) is 0 Å². The monoisotopic (exact) mass is 246 g/mol. The second-order valence-corrected chi connectivity index (χ2v) is 5.42. The highest BCUT2D eigenvalue weighted by atomic mass is 32.1. The summed E-state index contributed by atoms with van der Waals surface area (Å²) >= 11 is 1.70. The molecule has 0 amide bonds. The minimum Gasteiger partial charge on any atom is -0.308 e. The first-order valence-electron chi connectivity index (χ1n) is 5.78. The maximum absolute atomic E-state index is 4.57. The van der Waals surface area contributed by atoms with Crippen LogP contribution in [0.15, 0.2) is 23.6 Å². The number of benzene rings is 1. The van der Waals surface area contributed by atoms with Crippen molar-refractivity contribution in [1.82, 2.24) is 10.3 Å². The number of hydrogen-bond donors (Lipinski definition) is 1. The van der Waals surface area contributed by atoms with Crippen molar-refractivity contribution in [3.63, 3.8) is 0 Å². The van der Waals surface area contributed by atoms with Gasteiger partial charge in [0.15, 0.2) is 0 Å². The van der Waals surface area contributed by atoms with Gasteiger partial charge in [-0.2, -0.15) is 0 Å². The standard InChI is InChI=1S/C14H18N2S/c1-9-5-6-12(7-10(9)2)14(15-4)13-8-17-11(3)16-13/h5-8,14-15H,1-4H3. The smallest absolute Gasteiger partial charge is 0.0898 e. The van der Waals surface area contributed by atoms with Crippen LogP contribution in [0.5, 0.6) is 0 Å². The molecule has 1 aromatic heterocycles. The quantitative estimate of drug-likeness (QED) is 0.898.